The highest BCUT2D eigenvalue weighted by atomic mass is 32.3. The summed E-state index contributed by atoms with van der Waals surface area (Å²) in [7, 11) is -24.1. The Balaban J connectivity index is 0.000000307. The lowest BCUT2D eigenvalue weighted by Gasteiger charge is -2.31. The van der Waals surface area contributed by atoms with Gasteiger partial charge in [-0.1, -0.05) is 53.1 Å². The molecular weight excluding hydrogens is 696 g/mol. The second-order valence-corrected chi connectivity index (χ2v) is 17.3. The van der Waals surface area contributed by atoms with E-state index in [4.69, 9.17) is 0 Å². The van der Waals surface area contributed by atoms with Gasteiger partial charge < -0.3 is 0 Å². The Labute approximate surface area is 250 Å². The molecule has 0 fully saturated rings. The second-order valence-electron chi connectivity index (χ2n) is 8.84. The molecule has 44 heavy (non-hydrogen) atoms. The third kappa shape index (κ3) is 8.08. The van der Waals surface area contributed by atoms with E-state index in [2.05, 4.69) is 93.6 Å². The van der Waals surface area contributed by atoms with Gasteiger partial charge in [0, 0.05) is 0 Å². The van der Waals surface area contributed by atoms with Crippen LogP contribution in [0, 0.1) is 24.7 Å². The summed E-state index contributed by atoms with van der Waals surface area (Å²) < 4.78 is 167. The van der Waals surface area contributed by atoms with Crippen molar-refractivity contribution in [1.82, 2.24) is 0 Å². The molecule has 0 aliphatic heterocycles. The predicted octanol–water partition coefficient (Wildman–Crippen LogP) is 6.94. The molecule has 0 radical (unpaired) electrons. The summed E-state index contributed by atoms with van der Waals surface area (Å²) >= 11 is 0. The Morgan fingerprint density at radius 2 is 0.614 bits per heavy atom. The van der Waals surface area contributed by atoms with Crippen LogP contribution in [-0.2, 0) is 40.4 Å². The quantitative estimate of drug-likeness (QED) is 0.156. The van der Waals surface area contributed by atoms with Crippen molar-refractivity contribution in [3.8, 4) is 0 Å². The van der Waals surface area contributed by atoms with Crippen LogP contribution in [0.25, 0.3) is 0 Å². The molecule has 0 saturated heterocycles. The molecule has 0 spiro atoms. The van der Waals surface area contributed by atoms with Gasteiger partial charge in [0.25, 0.3) is 0 Å². The standard InChI is InChI=1S/C21H21S.C4F9O6S3/c1-16-4-10-19(11-5-16)22(20-12-6-17(2)7-13-20)21-14-8-18(3)9-15-21;5-2(6,7)20(14,15)1(21(16,17)3(8,9)10)22(18,19)4(11,12)13/h4-15H,1-3H3;/q+1;-1. The average Bonchev–Trinajstić information content (AvgIpc) is 2.85. The Bertz CT molecular complexity index is 1550. The maximum atomic E-state index is 12.0. The molecule has 0 N–H and O–H groups in total. The number of benzene rings is 3. The lowest BCUT2D eigenvalue weighted by Crippen LogP contribution is -2.47. The van der Waals surface area contributed by atoms with E-state index in [1.54, 1.807) is 0 Å². The smallest absolute Gasteiger partial charge is 0.251 e. The maximum Gasteiger partial charge on any atom is 0.470 e. The van der Waals surface area contributed by atoms with Crippen molar-refractivity contribution in [3.05, 3.63) is 93.4 Å². The molecule has 19 heteroatoms. The van der Waals surface area contributed by atoms with Crippen LogP contribution in [0.4, 0.5) is 39.5 Å². The fraction of sp³-hybridized carbons (Fsp3) is 0.240. The van der Waals surface area contributed by atoms with Gasteiger partial charge >= 0.3 is 16.5 Å². The number of halogens is 9. The molecule has 6 nitrogen and oxygen atoms in total. The first-order valence-electron chi connectivity index (χ1n) is 11.5. The van der Waals surface area contributed by atoms with Crippen LogP contribution in [0.15, 0.2) is 87.5 Å². The average molecular weight is 717 g/mol. The largest absolute Gasteiger partial charge is 0.470 e. The molecular formula is C25H21F9O6S4. The molecule has 3 aromatic rings. The Morgan fingerprint density at radius 1 is 0.432 bits per heavy atom. The van der Waals surface area contributed by atoms with Crippen molar-refractivity contribution in [2.75, 3.05) is 0 Å². The van der Waals surface area contributed by atoms with E-state index in [9.17, 15) is 64.8 Å². The topological polar surface area (TPSA) is 102 Å². The van der Waals surface area contributed by atoms with Crippen molar-refractivity contribution in [2.45, 2.75) is 52.0 Å². The highest BCUT2D eigenvalue weighted by Crippen LogP contribution is 2.47. The van der Waals surface area contributed by atoms with E-state index in [0.717, 1.165) is 0 Å². The third-order valence-electron chi connectivity index (χ3n) is 5.34. The van der Waals surface area contributed by atoms with E-state index in [1.165, 1.54) is 31.4 Å². The molecule has 3 rings (SSSR count). The number of hydrogen-bond donors (Lipinski definition) is 0. The zero-order valence-electron chi connectivity index (χ0n) is 22.4. The number of sulfone groups is 3. The van der Waals surface area contributed by atoms with Gasteiger partial charge in [-0.3, -0.25) is 25.3 Å². The van der Waals surface area contributed by atoms with Gasteiger partial charge in [-0.05, 0) is 57.2 Å². The number of alkyl halides is 9. The van der Waals surface area contributed by atoms with Crippen LogP contribution in [0.2, 0.25) is 0 Å². The van der Waals surface area contributed by atoms with E-state index in [0.29, 0.717) is 0 Å². The van der Waals surface area contributed by atoms with Gasteiger partial charge in [0.2, 0.25) is 0 Å². The molecule has 0 heterocycles. The Morgan fingerprint density at radius 3 is 0.773 bits per heavy atom. The predicted molar refractivity (Wildman–Crippen MR) is 144 cm³/mol. The second kappa shape index (κ2) is 12.9. The molecule has 0 atom stereocenters. The number of hydrogen-bond acceptors (Lipinski definition) is 6. The first-order valence-corrected chi connectivity index (χ1v) is 17.2. The minimum atomic E-state index is -8.02. The zero-order chi connectivity index (χ0) is 34.1. The lowest BCUT2D eigenvalue weighted by molar-refractivity contribution is -0.0471. The molecule has 3 aromatic carbocycles. The van der Waals surface area contributed by atoms with Crippen LogP contribution in [-0.4, -0.2) is 41.8 Å². The van der Waals surface area contributed by atoms with Crippen molar-refractivity contribution in [1.29, 1.82) is 0 Å². The summed E-state index contributed by atoms with van der Waals surface area (Å²) in [6, 6.07) is 26.8. The molecule has 0 amide bonds. The first-order chi connectivity index (χ1) is 19.7. The molecule has 244 valence electrons. The van der Waals surface area contributed by atoms with E-state index >= 15 is 0 Å². The monoisotopic (exact) mass is 716 g/mol. The van der Waals surface area contributed by atoms with Gasteiger partial charge in [0.1, 0.15) is 0 Å². The summed E-state index contributed by atoms with van der Waals surface area (Å²) in [5, 5.41) is 0. The van der Waals surface area contributed by atoms with E-state index < -0.39 is 50.0 Å². The molecule has 0 aliphatic rings. The summed E-state index contributed by atoms with van der Waals surface area (Å²) in [4.78, 5) is 4.12. The molecule has 0 unspecified atom stereocenters. The zero-order valence-corrected chi connectivity index (χ0v) is 25.7. The van der Waals surface area contributed by atoms with E-state index in [-0.39, 0.29) is 10.9 Å². The number of aryl methyl sites for hydroxylation is 3. The molecule has 0 aromatic heterocycles. The van der Waals surface area contributed by atoms with Crippen molar-refractivity contribution in [2.24, 2.45) is 0 Å². The summed E-state index contributed by atoms with van der Waals surface area (Å²) in [6.07, 6.45) is 0. The summed E-state index contributed by atoms with van der Waals surface area (Å²) in [5.74, 6) is 0. The fourth-order valence-corrected chi connectivity index (χ4v) is 10.9. The maximum absolute atomic E-state index is 12.0. The van der Waals surface area contributed by atoms with Crippen LogP contribution >= 0.6 is 0 Å². The molecule has 0 aliphatic carbocycles. The fourth-order valence-electron chi connectivity index (χ4n) is 3.15. The highest BCUT2D eigenvalue weighted by Gasteiger charge is 2.63. The SMILES string of the molecule is Cc1ccc([S+](c2ccc(C)cc2)c2ccc(C)cc2)cc1.O=S(=O)([C-](S(=O)(=O)C(F)(F)F)S(=O)(=O)C(F)(F)F)C(F)(F)F. The minimum Gasteiger partial charge on any atom is -0.251 e. The van der Waals surface area contributed by atoms with Crippen molar-refractivity contribution < 1.29 is 64.8 Å². The molecule has 0 saturated carbocycles. The van der Waals surface area contributed by atoms with Crippen LogP contribution < -0.4 is 0 Å². The van der Waals surface area contributed by atoms with Crippen LogP contribution in [0.5, 0.6) is 0 Å². The Hall–Kier alpha value is -2.77. The van der Waals surface area contributed by atoms with Crippen LogP contribution in [0.1, 0.15) is 16.7 Å². The minimum absolute atomic E-state index is 0.0394. The van der Waals surface area contributed by atoms with Gasteiger partial charge in [-0.2, -0.15) is 39.5 Å². The number of rotatable bonds is 6. The lowest BCUT2D eigenvalue weighted by atomic mass is 10.2. The van der Waals surface area contributed by atoms with Crippen molar-refractivity contribution in [3.63, 3.8) is 0 Å². The Kier molecular flexibility index (Phi) is 11.0. The van der Waals surface area contributed by atoms with E-state index in [1.807, 2.05) is 0 Å². The highest BCUT2D eigenvalue weighted by molar-refractivity contribution is 8.29. The van der Waals surface area contributed by atoms with Gasteiger partial charge in [0.05, 0.1) is 14.8 Å². The molecule has 0 bridgehead atoms. The van der Waals surface area contributed by atoms with Gasteiger partial charge in [-0.25, -0.2) is 0 Å². The van der Waals surface area contributed by atoms with Crippen LogP contribution in [0.3, 0.4) is 0 Å². The van der Waals surface area contributed by atoms with Gasteiger partial charge in [0.15, 0.2) is 44.2 Å². The summed E-state index contributed by atoms with van der Waals surface area (Å²) in [6.45, 7) is 6.42. The normalized spacial score (nSPS) is 13.5. The first kappa shape index (κ1) is 37.4. The van der Waals surface area contributed by atoms with Gasteiger partial charge in [-0.15, -0.1) is 0 Å². The third-order valence-corrected chi connectivity index (χ3v) is 14.7. The van der Waals surface area contributed by atoms with Crippen molar-refractivity contribution >= 4 is 40.4 Å². The summed E-state index contributed by atoms with van der Waals surface area (Å²) in [5.41, 5.74) is -17.3.